The Kier molecular flexibility index (Phi) is 7.99. The van der Waals surface area contributed by atoms with Gasteiger partial charge in [0, 0.05) is 42.5 Å². The van der Waals surface area contributed by atoms with Gasteiger partial charge >= 0.3 is 0 Å². The minimum Gasteiger partial charge on any atom is -0.355 e. The number of thiophene rings is 2. The lowest BCUT2D eigenvalue weighted by Crippen LogP contribution is -2.46. The van der Waals surface area contributed by atoms with Crippen LogP contribution in [-0.4, -0.2) is 37.0 Å². The van der Waals surface area contributed by atoms with Gasteiger partial charge in [0.05, 0.1) is 6.54 Å². The van der Waals surface area contributed by atoms with Crippen LogP contribution in [0.1, 0.15) is 22.2 Å². The van der Waals surface area contributed by atoms with Crippen molar-refractivity contribution in [3.63, 3.8) is 0 Å². The summed E-state index contributed by atoms with van der Waals surface area (Å²) >= 11 is 3.66. The van der Waals surface area contributed by atoms with Crippen molar-refractivity contribution in [2.75, 3.05) is 20.1 Å². The van der Waals surface area contributed by atoms with E-state index in [-0.39, 0.29) is 24.0 Å². The first-order chi connectivity index (χ1) is 11.3. The van der Waals surface area contributed by atoms with Crippen LogP contribution in [0.15, 0.2) is 34.0 Å². The highest BCUT2D eigenvalue weighted by molar-refractivity contribution is 14.0. The van der Waals surface area contributed by atoms with Crippen molar-refractivity contribution in [3.05, 3.63) is 44.3 Å². The van der Waals surface area contributed by atoms with Crippen LogP contribution in [0.25, 0.3) is 0 Å². The van der Waals surface area contributed by atoms with E-state index in [9.17, 15) is 0 Å². The molecule has 0 radical (unpaired) electrons. The van der Waals surface area contributed by atoms with Crippen molar-refractivity contribution in [2.45, 2.75) is 32.5 Å². The Hall–Kier alpha value is -0.640. The van der Waals surface area contributed by atoms with Gasteiger partial charge < -0.3 is 10.6 Å². The van der Waals surface area contributed by atoms with Crippen LogP contribution < -0.4 is 10.6 Å². The molecule has 2 aromatic heterocycles. The number of fused-ring (bicyclic) bond motifs is 1. The molecule has 132 valence electrons. The van der Waals surface area contributed by atoms with Crippen LogP contribution in [0.4, 0.5) is 0 Å². The van der Waals surface area contributed by atoms with Crippen LogP contribution in [0.2, 0.25) is 0 Å². The summed E-state index contributed by atoms with van der Waals surface area (Å²) in [6.45, 7) is 6.24. The lowest BCUT2D eigenvalue weighted by Gasteiger charge is -2.32. The molecule has 0 saturated heterocycles. The average molecular weight is 476 g/mol. The van der Waals surface area contributed by atoms with E-state index in [4.69, 9.17) is 0 Å². The maximum atomic E-state index is 4.31. The Balaban J connectivity index is 0.00000208. The molecule has 0 aromatic carbocycles. The minimum absolute atomic E-state index is 0. The molecule has 0 aliphatic carbocycles. The molecule has 4 nitrogen and oxygen atoms in total. The maximum Gasteiger partial charge on any atom is 0.191 e. The highest BCUT2D eigenvalue weighted by atomic mass is 127. The maximum absolute atomic E-state index is 4.31. The predicted octanol–water partition coefficient (Wildman–Crippen LogP) is 3.54. The number of aliphatic imine (C=N–C) groups is 1. The Morgan fingerprint density at radius 3 is 2.92 bits per heavy atom. The molecule has 0 fully saturated rings. The van der Waals surface area contributed by atoms with Gasteiger partial charge in [-0.15, -0.1) is 46.7 Å². The van der Waals surface area contributed by atoms with Crippen molar-refractivity contribution in [3.8, 4) is 0 Å². The van der Waals surface area contributed by atoms with E-state index in [0.29, 0.717) is 6.04 Å². The Labute approximate surface area is 169 Å². The molecule has 1 atom stereocenters. The fourth-order valence-electron chi connectivity index (χ4n) is 2.82. The largest absolute Gasteiger partial charge is 0.355 e. The zero-order chi connectivity index (χ0) is 16.1. The molecule has 7 heteroatoms. The van der Waals surface area contributed by atoms with Gasteiger partial charge in [-0.25, -0.2) is 0 Å². The van der Waals surface area contributed by atoms with E-state index in [0.717, 1.165) is 32.1 Å². The van der Waals surface area contributed by atoms with E-state index < -0.39 is 0 Å². The molecule has 1 aliphatic rings. The van der Waals surface area contributed by atoms with E-state index >= 15 is 0 Å². The fraction of sp³-hybridized carbons (Fsp3) is 0.471. The van der Waals surface area contributed by atoms with Gasteiger partial charge in [0.2, 0.25) is 0 Å². The molecule has 0 spiro atoms. The molecule has 1 unspecified atom stereocenters. The first-order valence-corrected chi connectivity index (χ1v) is 9.78. The molecular weight excluding hydrogens is 451 g/mol. The van der Waals surface area contributed by atoms with Gasteiger partial charge in [-0.2, -0.15) is 0 Å². The fourth-order valence-corrected chi connectivity index (χ4v) is 4.36. The zero-order valence-corrected chi connectivity index (χ0v) is 18.1. The Morgan fingerprint density at radius 2 is 2.17 bits per heavy atom. The van der Waals surface area contributed by atoms with Gasteiger partial charge in [0.15, 0.2) is 5.96 Å². The standard InChI is InChI=1S/C17H24N4S2.HI/c1-13(21-7-5-16-14(12-21)6-9-23-16)10-19-17(18-2)20-11-15-4-3-8-22-15;/h3-4,6,8-9,13H,5,7,10-12H2,1-2H3,(H2,18,19,20);1H. The number of hydrogen-bond acceptors (Lipinski definition) is 4. The number of hydrogen-bond donors (Lipinski definition) is 2. The first kappa shape index (κ1) is 19.7. The summed E-state index contributed by atoms with van der Waals surface area (Å²) in [7, 11) is 1.83. The lowest BCUT2D eigenvalue weighted by molar-refractivity contribution is 0.192. The monoisotopic (exact) mass is 476 g/mol. The van der Waals surface area contributed by atoms with Crippen LogP contribution in [0.3, 0.4) is 0 Å². The van der Waals surface area contributed by atoms with Crippen molar-refractivity contribution < 1.29 is 0 Å². The van der Waals surface area contributed by atoms with Crippen LogP contribution in [0.5, 0.6) is 0 Å². The summed E-state index contributed by atoms with van der Waals surface area (Å²) in [5.74, 6) is 0.874. The van der Waals surface area contributed by atoms with E-state index in [1.807, 2.05) is 18.4 Å². The van der Waals surface area contributed by atoms with Gasteiger partial charge in [-0.3, -0.25) is 9.89 Å². The number of nitrogens with one attached hydrogen (secondary N) is 2. The first-order valence-electron chi connectivity index (χ1n) is 8.02. The Morgan fingerprint density at radius 1 is 1.29 bits per heavy atom. The van der Waals surface area contributed by atoms with Crippen LogP contribution in [-0.2, 0) is 19.5 Å². The molecule has 3 rings (SSSR count). The molecule has 3 heterocycles. The third-order valence-electron chi connectivity index (χ3n) is 4.26. The second kappa shape index (κ2) is 9.74. The second-order valence-electron chi connectivity index (χ2n) is 5.82. The SMILES string of the molecule is CN=C(NCc1cccs1)NCC(C)N1CCc2sccc2C1.I. The normalized spacial score (nSPS) is 16.2. The number of rotatable bonds is 5. The number of nitrogens with zero attached hydrogens (tertiary/aromatic N) is 2. The molecule has 1 aliphatic heterocycles. The van der Waals surface area contributed by atoms with Gasteiger partial charge in [0.25, 0.3) is 0 Å². The summed E-state index contributed by atoms with van der Waals surface area (Å²) in [5.41, 5.74) is 1.51. The van der Waals surface area contributed by atoms with Gasteiger partial charge in [-0.1, -0.05) is 6.07 Å². The topological polar surface area (TPSA) is 39.7 Å². The molecular formula is C17H25IN4S2. The summed E-state index contributed by atoms with van der Waals surface area (Å²) in [5, 5.41) is 11.1. The van der Waals surface area contributed by atoms with Crippen molar-refractivity contribution in [1.82, 2.24) is 15.5 Å². The highest BCUT2D eigenvalue weighted by Gasteiger charge is 2.21. The molecule has 2 N–H and O–H groups in total. The quantitative estimate of drug-likeness (QED) is 0.394. The highest BCUT2D eigenvalue weighted by Crippen LogP contribution is 2.24. The van der Waals surface area contributed by atoms with E-state index in [1.54, 1.807) is 16.2 Å². The minimum atomic E-state index is 0. The zero-order valence-electron chi connectivity index (χ0n) is 14.1. The molecule has 2 aromatic rings. The smallest absolute Gasteiger partial charge is 0.191 e. The third kappa shape index (κ3) is 5.18. The van der Waals surface area contributed by atoms with Crippen LogP contribution >= 0.6 is 46.7 Å². The van der Waals surface area contributed by atoms with Gasteiger partial charge in [-0.05, 0) is 41.8 Å². The van der Waals surface area contributed by atoms with Crippen LogP contribution in [0, 0.1) is 0 Å². The number of guanidine groups is 1. The third-order valence-corrected chi connectivity index (χ3v) is 6.16. The van der Waals surface area contributed by atoms with Crippen molar-refractivity contribution in [2.24, 2.45) is 4.99 Å². The summed E-state index contributed by atoms with van der Waals surface area (Å²) in [4.78, 5) is 9.75. The van der Waals surface area contributed by atoms with Crippen molar-refractivity contribution in [1.29, 1.82) is 0 Å². The van der Waals surface area contributed by atoms with E-state index in [1.165, 1.54) is 16.9 Å². The molecule has 0 amide bonds. The average Bonchev–Trinajstić information content (AvgIpc) is 3.25. The number of halogens is 1. The molecule has 0 bridgehead atoms. The van der Waals surface area contributed by atoms with E-state index in [2.05, 4.69) is 56.4 Å². The lowest BCUT2D eigenvalue weighted by atomic mass is 10.1. The molecule has 0 saturated carbocycles. The Bertz CT molecular complexity index is 639. The van der Waals surface area contributed by atoms with Gasteiger partial charge in [0.1, 0.15) is 0 Å². The van der Waals surface area contributed by atoms with Crippen molar-refractivity contribution >= 4 is 52.6 Å². The summed E-state index contributed by atoms with van der Waals surface area (Å²) in [6, 6.07) is 6.98. The molecule has 24 heavy (non-hydrogen) atoms. The summed E-state index contributed by atoms with van der Waals surface area (Å²) in [6.07, 6.45) is 1.18. The summed E-state index contributed by atoms with van der Waals surface area (Å²) < 4.78 is 0. The predicted molar refractivity (Wildman–Crippen MR) is 116 cm³/mol. The second-order valence-corrected chi connectivity index (χ2v) is 7.86.